The second-order valence-electron chi connectivity index (χ2n) is 7.91. The SMILES string of the molecule is C=CCn1c(COc2cc(C)cc(C)c2)nnc1SCC(=O)Nc1c(CC)cccc1CC. The van der Waals surface area contributed by atoms with Gasteiger partial charge in [-0.25, -0.2) is 0 Å². The Balaban J connectivity index is 1.67. The highest BCUT2D eigenvalue weighted by atomic mass is 32.2. The standard InChI is InChI=1S/C26H32N4O2S/c1-6-12-30-23(16-32-22-14-18(4)13-19(5)15-22)28-29-26(30)33-17-24(31)27-25-20(7-2)10-9-11-21(25)8-3/h6,9-11,13-15H,1,7-8,12,16-17H2,2-5H3,(H,27,31). The van der Waals surface area contributed by atoms with Gasteiger partial charge in [0.25, 0.3) is 0 Å². The predicted molar refractivity (Wildman–Crippen MR) is 135 cm³/mol. The highest BCUT2D eigenvalue weighted by molar-refractivity contribution is 7.99. The summed E-state index contributed by atoms with van der Waals surface area (Å²) in [6.45, 7) is 13.0. The van der Waals surface area contributed by atoms with E-state index in [4.69, 9.17) is 4.74 Å². The fourth-order valence-corrected chi connectivity index (χ4v) is 4.48. The van der Waals surface area contributed by atoms with Crippen LogP contribution >= 0.6 is 11.8 Å². The number of allylic oxidation sites excluding steroid dienone is 1. The Kier molecular flexibility index (Phi) is 8.72. The van der Waals surface area contributed by atoms with Gasteiger partial charge in [0.2, 0.25) is 5.91 Å². The molecule has 1 aromatic heterocycles. The van der Waals surface area contributed by atoms with Crippen molar-refractivity contribution in [3.8, 4) is 5.75 Å². The van der Waals surface area contributed by atoms with Crippen molar-refractivity contribution >= 4 is 23.4 Å². The highest BCUT2D eigenvalue weighted by Crippen LogP contribution is 2.24. The Morgan fingerprint density at radius 2 is 1.79 bits per heavy atom. The Labute approximate surface area is 200 Å². The van der Waals surface area contributed by atoms with Crippen LogP contribution in [0, 0.1) is 13.8 Å². The van der Waals surface area contributed by atoms with Crippen molar-refractivity contribution in [1.29, 1.82) is 0 Å². The van der Waals surface area contributed by atoms with E-state index in [1.165, 1.54) is 11.8 Å². The number of anilines is 1. The smallest absolute Gasteiger partial charge is 0.234 e. The summed E-state index contributed by atoms with van der Waals surface area (Å²) < 4.78 is 7.90. The minimum atomic E-state index is -0.0585. The minimum absolute atomic E-state index is 0.0585. The van der Waals surface area contributed by atoms with Gasteiger partial charge in [0.1, 0.15) is 12.4 Å². The molecule has 33 heavy (non-hydrogen) atoms. The van der Waals surface area contributed by atoms with Crippen LogP contribution in [-0.4, -0.2) is 26.4 Å². The third-order valence-electron chi connectivity index (χ3n) is 5.26. The van der Waals surface area contributed by atoms with Crippen LogP contribution in [0.5, 0.6) is 5.75 Å². The number of ether oxygens (including phenoxy) is 1. The first-order valence-electron chi connectivity index (χ1n) is 11.2. The van der Waals surface area contributed by atoms with E-state index in [1.807, 2.05) is 36.6 Å². The van der Waals surface area contributed by atoms with E-state index >= 15 is 0 Å². The average Bonchev–Trinajstić information content (AvgIpc) is 3.17. The van der Waals surface area contributed by atoms with Crippen LogP contribution in [0.4, 0.5) is 5.69 Å². The first kappa shape index (κ1) is 24.6. The lowest BCUT2D eigenvalue weighted by atomic mass is 10.0. The molecule has 0 saturated carbocycles. The molecule has 6 nitrogen and oxygen atoms in total. The molecule has 0 atom stereocenters. The number of aryl methyl sites for hydroxylation is 4. The Morgan fingerprint density at radius 3 is 2.39 bits per heavy atom. The van der Waals surface area contributed by atoms with Crippen molar-refractivity contribution in [2.45, 2.75) is 58.8 Å². The molecule has 0 spiro atoms. The third-order valence-corrected chi connectivity index (χ3v) is 6.23. The summed E-state index contributed by atoms with van der Waals surface area (Å²) in [6, 6.07) is 12.3. The maximum absolute atomic E-state index is 12.7. The number of para-hydroxylation sites is 1. The topological polar surface area (TPSA) is 69.0 Å². The van der Waals surface area contributed by atoms with E-state index in [0.717, 1.165) is 46.5 Å². The summed E-state index contributed by atoms with van der Waals surface area (Å²) in [6.07, 6.45) is 3.53. The molecule has 0 fully saturated rings. The number of carbonyl (C=O) groups is 1. The van der Waals surface area contributed by atoms with Gasteiger partial charge in [0, 0.05) is 12.2 Å². The van der Waals surface area contributed by atoms with Crippen molar-refractivity contribution in [2.75, 3.05) is 11.1 Å². The predicted octanol–water partition coefficient (Wildman–Crippen LogP) is 5.52. The molecule has 0 aliphatic rings. The van der Waals surface area contributed by atoms with Crippen LogP contribution in [-0.2, 0) is 30.8 Å². The van der Waals surface area contributed by atoms with E-state index < -0.39 is 0 Å². The lowest BCUT2D eigenvalue weighted by Crippen LogP contribution is -2.17. The molecular weight excluding hydrogens is 432 g/mol. The molecular formula is C26H32N4O2S. The molecule has 0 unspecified atom stereocenters. The van der Waals surface area contributed by atoms with Crippen LogP contribution in [0.25, 0.3) is 0 Å². The molecule has 0 saturated heterocycles. The average molecular weight is 465 g/mol. The summed E-state index contributed by atoms with van der Waals surface area (Å²) in [5.74, 6) is 1.68. The summed E-state index contributed by atoms with van der Waals surface area (Å²) in [4.78, 5) is 12.7. The van der Waals surface area contributed by atoms with Crippen molar-refractivity contribution < 1.29 is 9.53 Å². The fourth-order valence-electron chi connectivity index (χ4n) is 3.72. The van der Waals surface area contributed by atoms with Crippen LogP contribution in [0.15, 0.2) is 54.2 Å². The number of carbonyl (C=O) groups excluding carboxylic acids is 1. The van der Waals surface area contributed by atoms with Gasteiger partial charge in [-0.2, -0.15) is 0 Å². The number of amides is 1. The third kappa shape index (κ3) is 6.48. The van der Waals surface area contributed by atoms with Crippen molar-refractivity contribution in [3.63, 3.8) is 0 Å². The molecule has 0 bridgehead atoms. The maximum Gasteiger partial charge on any atom is 0.234 e. The van der Waals surface area contributed by atoms with Crippen LogP contribution in [0.1, 0.15) is 41.9 Å². The molecule has 0 radical (unpaired) electrons. The number of rotatable bonds is 11. The van der Waals surface area contributed by atoms with Crippen LogP contribution < -0.4 is 10.1 Å². The molecule has 3 rings (SSSR count). The first-order valence-corrected chi connectivity index (χ1v) is 12.2. The van der Waals surface area contributed by atoms with Gasteiger partial charge in [0.05, 0.1) is 5.75 Å². The first-order chi connectivity index (χ1) is 15.9. The summed E-state index contributed by atoms with van der Waals surface area (Å²) in [7, 11) is 0. The number of nitrogens with one attached hydrogen (secondary N) is 1. The largest absolute Gasteiger partial charge is 0.486 e. The molecule has 7 heteroatoms. The van der Waals surface area contributed by atoms with E-state index in [2.05, 4.69) is 54.1 Å². The van der Waals surface area contributed by atoms with Crippen LogP contribution in [0.2, 0.25) is 0 Å². The van der Waals surface area contributed by atoms with Crippen LogP contribution in [0.3, 0.4) is 0 Å². The van der Waals surface area contributed by atoms with Gasteiger partial charge in [-0.1, -0.05) is 56.0 Å². The number of hydrogen-bond acceptors (Lipinski definition) is 5. The molecule has 174 valence electrons. The number of benzene rings is 2. The normalized spacial score (nSPS) is 10.8. The zero-order chi connectivity index (χ0) is 23.8. The Bertz CT molecular complexity index is 1080. The zero-order valence-corrected chi connectivity index (χ0v) is 20.7. The van der Waals surface area contributed by atoms with Crippen molar-refractivity contribution in [3.05, 3.63) is 77.1 Å². The molecule has 0 aliphatic carbocycles. The second kappa shape index (κ2) is 11.7. The van der Waals surface area contributed by atoms with Gasteiger partial charge < -0.3 is 10.1 Å². The molecule has 2 aromatic carbocycles. The van der Waals surface area contributed by atoms with E-state index in [0.29, 0.717) is 24.1 Å². The van der Waals surface area contributed by atoms with Gasteiger partial charge in [-0.15, -0.1) is 16.8 Å². The number of thioether (sulfide) groups is 1. The quantitative estimate of drug-likeness (QED) is 0.299. The van der Waals surface area contributed by atoms with E-state index in [9.17, 15) is 4.79 Å². The number of nitrogens with zero attached hydrogens (tertiary/aromatic N) is 3. The lowest BCUT2D eigenvalue weighted by Gasteiger charge is -2.14. The van der Waals surface area contributed by atoms with E-state index in [1.54, 1.807) is 6.08 Å². The molecule has 1 amide bonds. The summed E-state index contributed by atoms with van der Waals surface area (Å²) >= 11 is 1.36. The van der Waals surface area contributed by atoms with Gasteiger partial charge in [-0.05, 0) is 61.1 Å². The summed E-state index contributed by atoms with van der Waals surface area (Å²) in [5.41, 5.74) is 5.52. The molecule has 3 aromatic rings. The van der Waals surface area contributed by atoms with Crippen molar-refractivity contribution in [2.24, 2.45) is 0 Å². The monoisotopic (exact) mass is 464 g/mol. The fraction of sp³-hybridized carbons (Fsp3) is 0.346. The molecule has 1 N–H and O–H groups in total. The Morgan fingerprint density at radius 1 is 1.12 bits per heavy atom. The van der Waals surface area contributed by atoms with Gasteiger partial charge >= 0.3 is 0 Å². The molecule has 0 aliphatic heterocycles. The number of aromatic nitrogens is 3. The van der Waals surface area contributed by atoms with Crippen molar-refractivity contribution in [1.82, 2.24) is 14.8 Å². The zero-order valence-electron chi connectivity index (χ0n) is 19.9. The molecule has 1 heterocycles. The lowest BCUT2D eigenvalue weighted by molar-refractivity contribution is -0.113. The highest BCUT2D eigenvalue weighted by Gasteiger charge is 2.16. The summed E-state index contributed by atoms with van der Waals surface area (Å²) in [5, 5.41) is 12.4. The minimum Gasteiger partial charge on any atom is -0.486 e. The Hall–Kier alpha value is -3.06. The maximum atomic E-state index is 12.7. The van der Waals surface area contributed by atoms with E-state index in [-0.39, 0.29) is 11.7 Å². The van der Waals surface area contributed by atoms with Gasteiger partial charge in [0.15, 0.2) is 11.0 Å². The van der Waals surface area contributed by atoms with Gasteiger partial charge in [-0.3, -0.25) is 9.36 Å². The number of hydrogen-bond donors (Lipinski definition) is 1. The second-order valence-corrected chi connectivity index (χ2v) is 8.85.